The Balaban J connectivity index is 2.87. The van der Waals surface area contributed by atoms with Crippen molar-refractivity contribution in [3.05, 3.63) is 35.8 Å². The molecule has 0 aliphatic rings. The molecule has 0 amide bonds. The van der Waals surface area contributed by atoms with Crippen molar-refractivity contribution in [2.75, 3.05) is 6.61 Å². The number of hydrogen-bond acceptors (Lipinski definition) is 3. The van der Waals surface area contributed by atoms with Gasteiger partial charge in [0.2, 0.25) is 0 Å². The Hall–Kier alpha value is -1.78. The normalized spacial score (nSPS) is 12.4. The zero-order valence-corrected chi connectivity index (χ0v) is 16.0. The SMILES string of the molecule is CCCC(CCC)C(COc1ccc(C(C)(F)F)nc1)=NC=C(C)C. The first-order chi connectivity index (χ1) is 11.8. The first-order valence-corrected chi connectivity index (χ1v) is 8.95. The number of aliphatic imine (C=N–C) groups is 1. The number of pyridine rings is 1. The Morgan fingerprint density at radius 3 is 2.32 bits per heavy atom. The van der Waals surface area contributed by atoms with Gasteiger partial charge in [-0.1, -0.05) is 32.3 Å². The fraction of sp³-hybridized carbons (Fsp3) is 0.600. The fourth-order valence-corrected chi connectivity index (χ4v) is 2.53. The van der Waals surface area contributed by atoms with Crippen LogP contribution < -0.4 is 4.74 Å². The summed E-state index contributed by atoms with van der Waals surface area (Å²) in [5.41, 5.74) is 1.86. The predicted octanol–water partition coefficient (Wildman–Crippen LogP) is 6.15. The number of rotatable bonds is 10. The second-order valence-electron chi connectivity index (χ2n) is 6.66. The molecule has 0 aliphatic carbocycles. The fourth-order valence-electron chi connectivity index (χ4n) is 2.53. The molecule has 0 spiro atoms. The van der Waals surface area contributed by atoms with Crippen LogP contribution in [0.4, 0.5) is 8.78 Å². The van der Waals surface area contributed by atoms with Crippen molar-refractivity contribution in [3.8, 4) is 5.75 Å². The van der Waals surface area contributed by atoms with Gasteiger partial charge in [-0.25, -0.2) is 0 Å². The molecule has 0 aromatic carbocycles. The lowest BCUT2D eigenvalue weighted by Crippen LogP contribution is -2.22. The molecule has 0 atom stereocenters. The number of ether oxygens (including phenoxy) is 1. The Labute approximate surface area is 150 Å². The molecule has 140 valence electrons. The molecule has 1 rings (SSSR count). The second kappa shape index (κ2) is 10.3. The number of alkyl halides is 2. The van der Waals surface area contributed by atoms with Gasteiger partial charge in [0, 0.05) is 19.0 Å². The molecule has 25 heavy (non-hydrogen) atoms. The number of aromatic nitrogens is 1. The monoisotopic (exact) mass is 352 g/mol. The minimum atomic E-state index is -2.94. The third-order valence-electron chi connectivity index (χ3n) is 3.81. The van der Waals surface area contributed by atoms with Gasteiger partial charge in [0.15, 0.2) is 0 Å². The molecular formula is C20H30F2N2O. The van der Waals surface area contributed by atoms with E-state index in [-0.39, 0.29) is 5.69 Å². The summed E-state index contributed by atoms with van der Waals surface area (Å²) in [7, 11) is 0. The molecule has 3 nitrogen and oxygen atoms in total. The molecule has 0 radical (unpaired) electrons. The summed E-state index contributed by atoms with van der Waals surface area (Å²) in [5, 5.41) is 0. The highest BCUT2D eigenvalue weighted by Crippen LogP contribution is 2.26. The van der Waals surface area contributed by atoms with Crippen LogP contribution in [0.1, 0.15) is 66.0 Å². The van der Waals surface area contributed by atoms with Gasteiger partial charge in [-0.3, -0.25) is 9.98 Å². The molecule has 0 saturated carbocycles. The van der Waals surface area contributed by atoms with Gasteiger partial charge < -0.3 is 4.74 Å². The van der Waals surface area contributed by atoms with Crippen LogP contribution in [0.25, 0.3) is 0 Å². The zero-order valence-electron chi connectivity index (χ0n) is 16.0. The van der Waals surface area contributed by atoms with Crippen molar-refractivity contribution < 1.29 is 13.5 Å². The zero-order chi connectivity index (χ0) is 18.9. The molecule has 1 heterocycles. The molecule has 5 heteroatoms. The van der Waals surface area contributed by atoms with E-state index in [9.17, 15) is 8.78 Å². The van der Waals surface area contributed by atoms with Crippen LogP contribution in [0, 0.1) is 5.92 Å². The quantitative estimate of drug-likeness (QED) is 0.473. The van der Waals surface area contributed by atoms with E-state index in [1.54, 1.807) is 0 Å². The minimum Gasteiger partial charge on any atom is -0.486 e. The summed E-state index contributed by atoms with van der Waals surface area (Å²) < 4.78 is 32.2. The van der Waals surface area contributed by atoms with Gasteiger partial charge in [0.25, 0.3) is 5.92 Å². The van der Waals surface area contributed by atoms with E-state index < -0.39 is 5.92 Å². The first-order valence-electron chi connectivity index (χ1n) is 8.95. The van der Waals surface area contributed by atoms with Gasteiger partial charge in [-0.2, -0.15) is 8.78 Å². The van der Waals surface area contributed by atoms with Crippen LogP contribution >= 0.6 is 0 Å². The average molecular weight is 352 g/mol. The molecule has 0 saturated heterocycles. The summed E-state index contributed by atoms with van der Waals surface area (Å²) in [6.45, 7) is 9.51. The standard InChI is InChI=1S/C20H30F2N2O/c1-6-8-16(9-7-2)18(23-12-15(3)4)14-25-17-10-11-19(24-13-17)20(5,21)22/h10-13,16H,6-9,14H2,1-5H3. The van der Waals surface area contributed by atoms with Crippen LogP contribution in [0.15, 0.2) is 35.1 Å². The second-order valence-corrected chi connectivity index (χ2v) is 6.66. The van der Waals surface area contributed by atoms with Crippen molar-refractivity contribution in [2.24, 2.45) is 10.9 Å². The molecule has 0 aliphatic heterocycles. The van der Waals surface area contributed by atoms with Crippen LogP contribution in [0.3, 0.4) is 0 Å². The number of halogens is 2. The number of nitrogens with zero attached hydrogens (tertiary/aromatic N) is 2. The van der Waals surface area contributed by atoms with Crippen molar-refractivity contribution in [2.45, 2.75) is 66.2 Å². The highest BCUT2D eigenvalue weighted by molar-refractivity contribution is 5.88. The number of allylic oxidation sites excluding steroid dienone is 1. The van der Waals surface area contributed by atoms with E-state index in [1.807, 2.05) is 20.0 Å². The lowest BCUT2D eigenvalue weighted by molar-refractivity contribution is 0.0127. The van der Waals surface area contributed by atoms with Gasteiger partial charge >= 0.3 is 0 Å². The average Bonchev–Trinajstić information content (AvgIpc) is 2.54. The Bertz CT molecular complexity index is 564. The summed E-state index contributed by atoms with van der Waals surface area (Å²) in [6.07, 6.45) is 7.49. The third kappa shape index (κ3) is 7.76. The van der Waals surface area contributed by atoms with Gasteiger partial charge in [-0.15, -0.1) is 0 Å². The van der Waals surface area contributed by atoms with E-state index in [1.165, 1.54) is 18.3 Å². The maximum absolute atomic E-state index is 13.2. The Morgan fingerprint density at radius 2 is 1.88 bits per heavy atom. The van der Waals surface area contributed by atoms with E-state index in [4.69, 9.17) is 4.74 Å². The molecule has 0 unspecified atom stereocenters. The summed E-state index contributed by atoms with van der Waals surface area (Å²) in [6, 6.07) is 2.84. The summed E-state index contributed by atoms with van der Waals surface area (Å²) in [5.74, 6) is -2.09. The highest BCUT2D eigenvalue weighted by Gasteiger charge is 2.25. The Kier molecular flexibility index (Phi) is 8.73. The summed E-state index contributed by atoms with van der Waals surface area (Å²) in [4.78, 5) is 8.41. The third-order valence-corrected chi connectivity index (χ3v) is 3.81. The molecule has 0 N–H and O–H groups in total. The lowest BCUT2D eigenvalue weighted by Gasteiger charge is -2.18. The summed E-state index contributed by atoms with van der Waals surface area (Å²) >= 11 is 0. The number of hydrogen-bond donors (Lipinski definition) is 0. The lowest BCUT2D eigenvalue weighted by atomic mass is 9.93. The van der Waals surface area contributed by atoms with Crippen LogP contribution in [0.5, 0.6) is 5.75 Å². The molecule has 1 aromatic heterocycles. The Morgan fingerprint density at radius 1 is 1.24 bits per heavy atom. The van der Waals surface area contributed by atoms with E-state index >= 15 is 0 Å². The van der Waals surface area contributed by atoms with Gasteiger partial charge in [-0.05, 0) is 38.8 Å². The first kappa shape index (κ1) is 21.3. The molecule has 1 aromatic rings. The van der Waals surface area contributed by atoms with Crippen molar-refractivity contribution in [1.29, 1.82) is 0 Å². The van der Waals surface area contributed by atoms with Gasteiger partial charge in [0.1, 0.15) is 18.1 Å². The van der Waals surface area contributed by atoms with Crippen LogP contribution in [-0.2, 0) is 5.92 Å². The molecule has 0 bridgehead atoms. The largest absolute Gasteiger partial charge is 0.486 e. The van der Waals surface area contributed by atoms with Crippen molar-refractivity contribution in [3.63, 3.8) is 0 Å². The molecular weight excluding hydrogens is 322 g/mol. The van der Waals surface area contributed by atoms with Gasteiger partial charge in [0.05, 0.1) is 11.9 Å². The van der Waals surface area contributed by atoms with Crippen LogP contribution in [0.2, 0.25) is 0 Å². The smallest absolute Gasteiger partial charge is 0.286 e. The van der Waals surface area contributed by atoms with E-state index in [0.29, 0.717) is 18.3 Å². The predicted molar refractivity (Wildman–Crippen MR) is 99.5 cm³/mol. The topological polar surface area (TPSA) is 34.5 Å². The van der Waals surface area contributed by atoms with Crippen molar-refractivity contribution >= 4 is 5.71 Å². The van der Waals surface area contributed by atoms with E-state index in [0.717, 1.165) is 43.9 Å². The maximum atomic E-state index is 13.2. The van der Waals surface area contributed by atoms with E-state index in [2.05, 4.69) is 23.8 Å². The highest BCUT2D eigenvalue weighted by atomic mass is 19.3. The van der Waals surface area contributed by atoms with Crippen LogP contribution in [-0.4, -0.2) is 17.3 Å². The molecule has 0 fully saturated rings. The minimum absolute atomic E-state index is 0.256. The maximum Gasteiger partial charge on any atom is 0.286 e. The van der Waals surface area contributed by atoms with Crippen molar-refractivity contribution in [1.82, 2.24) is 4.98 Å².